The van der Waals surface area contributed by atoms with Crippen LogP contribution in [0.1, 0.15) is 61.8 Å². The van der Waals surface area contributed by atoms with Gasteiger partial charge in [0.25, 0.3) is 5.91 Å². The molecule has 1 aliphatic carbocycles. The lowest BCUT2D eigenvalue weighted by Gasteiger charge is -2.27. The van der Waals surface area contributed by atoms with Gasteiger partial charge in [-0.2, -0.15) is 0 Å². The van der Waals surface area contributed by atoms with Gasteiger partial charge >= 0.3 is 0 Å². The topological polar surface area (TPSA) is 72.1 Å². The van der Waals surface area contributed by atoms with Gasteiger partial charge < -0.3 is 10.6 Å². The second-order valence-corrected chi connectivity index (χ2v) is 8.36. The Morgan fingerprint density at radius 3 is 2.38 bits per heavy atom. The summed E-state index contributed by atoms with van der Waals surface area (Å²) in [6.45, 7) is 9.23. The highest BCUT2D eigenvalue weighted by molar-refractivity contribution is 5.92. The molecule has 2 aromatic rings. The normalized spacial score (nSPS) is 20.8. The smallest absolute Gasteiger partial charge is 0.272 e. The van der Waals surface area contributed by atoms with Crippen LogP contribution in [0.4, 0.5) is 5.95 Å². The van der Waals surface area contributed by atoms with Crippen molar-refractivity contribution < 1.29 is 4.79 Å². The minimum absolute atomic E-state index is 0.0158. The Balaban J connectivity index is 1.86. The van der Waals surface area contributed by atoms with Crippen LogP contribution < -0.4 is 5.73 Å². The van der Waals surface area contributed by atoms with E-state index in [2.05, 4.69) is 48.1 Å². The molecule has 1 aliphatic rings. The molecule has 5 heteroatoms. The van der Waals surface area contributed by atoms with E-state index < -0.39 is 0 Å². The number of amides is 1. The number of nitrogens with zero attached hydrogens (tertiary/aromatic N) is 3. The summed E-state index contributed by atoms with van der Waals surface area (Å²) in [4.78, 5) is 23.2. The molecule has 0 bridgehead atoms. The SMILES string of the molecule is CC(C)c1cc(C(=O)N(C)CC2(c3ccccc3)CC2(C)C)nc(N)n1. The van der Waals surface area contributed by atoms with Gasteiger partial charge in [0.15, 0.2) is 0 Å². The van der Waals surface area contributed by atoms with Crippen molar-refractivity contribution in [3.8, 4) is 0 Å². The first-order valence-corrected chi connectivity index (χ1v) is 9.12. The summed E-state index contributed by atoms with van der Waals surface area (Å²) in [5, 5.41) is 0. The number of nitrogens with two attached hydrogens (primary N) is 1. The minimum atomic E-state index is -0.112. The van der Waals surface area contributed by atoms with Crippen LogP contribution >= 0.6 is 0 Å². The Morgan fingerprint density at radius 1 is 1.23 bits per heavy atom. The molecule has 1 heterocycles. The van der Waals surface area contributed by atoms with Crippen LogP contribution in [-0.4, -0.2) is 34.4 Å². The first kappa shape index (κ1) is 18.4. The van der Waals surface area contributed by atoms with E-state index in [1.807, 2.05) is 27.0 Å². The molecule has 1 unspecified atom stereocenters. The Bertz CT molecular complexity index is 816. The first-order chi connectivity index (χ1) is 12.2. The molecule has 1 aromatic heterocycles. The Kier molecular flexibility index (Phi) is 4.51. The largest absolute Gasteiger partial charge is 0.368 e. The van der Waals surface area contributed by atoms with Crippen LogP contribution in [-0.2, 0) is 5.41 Å². The van der Waals surface area contributed by atoms with Gasteiger partial charge in [-0.3, -0.25) is 4.79 Å². The zero-order valence-electron chi connectivity index (χ0n) is 16.3. The standard InChI is InChI=1S/C21H28N4O/c1-14(2)16-11-17(24-19(22)23-16)18(26)25(5)13-21(12-20(21,3)4)15-9-7-6-8-10-15/h6-11,14H,12-13H2,1-5H3,(H2,22,23,24). The fourth-order valence-corrected chi connectivity index (χ4v) is 3.88. The molecule has 2 N–H and O–H groups in total. The summed E-state index contributed by atoms with van der Waals surface area (Å²) in [7, 11) is 1.84. The van der Waals surface area contributed by atoms with Gasteiger partial charge in [0.05, 0.1) is 0 Å². The maximum atomic E-state index is 13.0. The molecule has 0 radical (unpaired) electrons. The third kappa shape index (κ3) is 3.18. The van der Waals surface area contributed by atoms with Crippen molar-refractivity contribution in [2.75, 3.05) is 19.3 Å². The van der Waals surface area contributed by atoms with Crippen molar-refractivity contribution in [2.45, 2.75) is 45.4 Å². The molecule has 5 nitrogen and oxygen atoms in total. The number of aromatic nitrogens is 2. The Labute approximate surface area is 155 Å². The lowest BCUT2D eigenvalue weighted by Crippen LogP contribution is -2.37. The van der Waals surface area contributed by atoms with E-state index in [-0.39, 0.29) is 28.6 Å². The second-order valence-electron chi connectivity index (χ2n) is 8.36. The summed E-state index contributed by atoms with van der Waals surface area (Å²) in [6.07, 6.45) is 1.06. The van der Waals surface area contributed by atoms with E-state index >= 15 is 0 Å². The van der Waals surface area contributed by atoms with Crippen LogP contribution in [0.5, 0.6) is 0 Å². The van der Waals surface area contributed by atoms with Gasteiger partial charge in [-0.05, 0) is 29.4 Å². The number of carbonyl (C=O) groups excluding carboxylic acids is 1. The monoisotopic (exact) mass is 352 g/mol. The minimum Gasteiger partial charge on any atom is -0.368 e. The quantitative estimate of drug-likeness (QED) is 0.892. The van der Waals surface area contributed by atoms with Crippen molar-refractivity contribution >= 4 is 11.9 Å². The molecule has 1 fully saturated rings. The van der Waals surface area contributed by atoms with Crippen LogP contribution in [0.2, 0.25) is 0 Å². The highest BCUT2D eigenvalue weighted by Gasteiger charge is 2.62. The molecule has 26 heavy (non-hydrogen) atoms. The number of nitrogen functional groups attached to an aromatic ring is 1. The number of hydrogen-bond acceptors (Lipinski definition) is 4. The zero-order chi connectivity index (χ0) is 19.1. The lowest BCUT2D eigenvalue weighted by molar-refractivity contribution is 0.0769. The molecular formula is C21H28N4O. The second kappa shape index (κ2) is 6.38. The van der Waals surface area contributed by atoms with Crippen molar-refractivity contribution in [1.82, 2.24) is 14.9 Å². The highest BCUT2D eigenvalue weighted by atomic mass is 16.2. The third-order valence-corrected chi connectivity index (χ3v) is 5.67. The molecule has 0 saturated heterocycles. The van der Waals surface area contributed by atoms with Gasteiger partial charge in [0.1, 0.15) is 5.69 Å². The van der Waals surface area contributed by atoms with Gasteiger partial charge in [0, 0.05) is 24.7 Å². The summed E-state index contributed by atoms with van der Waals surface area (Å²) in [6, 6.07) is 12.2. The Hall–Kier alpha value is -2.43. The first-order valence-electron chi connectivity index (χ1n) is 9.12. The van der Waals surface area contributed by atoms with Crippen LogP contribution in [0.25, 0.3) is 0 Å². The van der Waals surface area contributed by atoms with Crippen molar-refractivity contribution in [2.24, 2.45) is 5.41 Å². The molecule has 0 aliphatic heterocycles. The molecule has 1 saturated carbocycles. The van der Waals surface area contributed by atoms with E-state index in [1.54, 1.807) is 11.0 Å². The van der Waals surface area contributed by atoms with E-state index in [0.29, 0.717) is 12.2 Å². The molecular weight excluding hydrogens is 324 g/mol. The third-order valence-electron chi connectivity index (χ3n) is 5.67. The van der Waals surface area contributed by atoms with Crippen molar-refractivity contribution in [3.63, 3.8) is 0 Å². The maximum Gasteiger partial charge on any atom is 0.272 e. The summed E-state index contributed by atoms with van der Waals surface area (Å²) >= 11 is 0. The van der Waals surface area contributed by atoms with E-state index in [9.17, 15) is 4.79 Å². The zero-order valence-corrected chi connectivity index (χ0v) is 16.3. The summed E-state index contributed by atoms with van der Waals surface area (Å²) < 4.78 is 0. The van der Waals surface area contributed by atoms with Gasteiger partial charge in [-0.25, -0.2) is 9.97 Å². The van der Waals surface area contributed by atoms with Gasteiger partial charge in [-0.15, -0.1) is 0 Å². The number of likely N-dealkylation sites (N-methyl/N-ethyl adjacent to an activating group) is 1. The predicted molar refractivity (Wildman–Crippen MR) is 104 cm³/mol. The number of hydrogen-bond donors (Lipinski definition) is 1. The molecule has 3 rings (SSSR count). The average Bonchev–Trinajstić information content (AvgIpc) is 3.16. The number of anilines is 1. The van der Waals surface area contributed by atoms with Gasteiger partial charge in [0.2, 0.25) is 5.95 Å². The van der Waals surface area contributed by atoms with E-state index in [0.717, 1.165) is 12.1 Å². The van der Waals surface area contributed by atoms with E-state index in [1.165, 1.54) is 5.56 Å². The number of rotatable bonds is 5. The van der Waals surface area contributed by atoms with Crippen LogP contribution in [0.15, 0.2) is 36.4 Å². The van der Waals surface area contributed by atoms with Crippen molar-refractivity contribution in [1.29, 1.82) is 0 Å². The Morgan fingerprint density at radius 2 is 1.85 bits per heavy atom. The van der Waals surface area contributed by atoms with Crippen LogP contribution in [0, 0.1) is 5.41 Å². The number of benzene rings is 1. The maximum absolute atomic E-state index is 13.0. The molecule has 1 aromatic carbocycles. The lowest BCUT2D eigenvalue weighted by atomic mass is 9.87. The summed E-state index contributed by atoms with van der Waals surface area (Å²) in [5.74, 6) is 0.228. The number of carbonyl (C=O) groups is 1. The summed E-state index contributed by atoms with van der Waals surface area (Å²) in [5.41, 5.74) is 8.41. The van der Waals surface area contributed by atoms with Gasteiger partial charge in [-0.1, -0.05) is 58.0 Å². The van der Waals surface area contributed by atoms with Crippen molar-refractivity contribution in [3.05, 3.63) is 53.3 Å². The fraction of sp³-hybridized carbons (Fsp3) is 0.476. The average molecular weight is 352 g/mol. The molecule has 1 amide bonds. The predicted octanol–water partition coefficient (Wildman–Crippen LogP) is 3.62. The van der Waals surface area contributed by atoms with E-state index in [4.69, 9.17) is 5.73 Å². The molecule has 1 atom stereocenters. The molecule has 138 valence electrons. The fourth-order valence-electron chi connectivity index (χ4n) is 3.88. The molecule has 0 spiro atoms. The van der Waals surface area contributed by atoms with Crippen LogP contribution in [0.3, 0.4) is 0 Å². The highest BCUT2D eigenvalue weighted by Crippen LogP contribution is 2.64.